The van der Waals surface area contributed by atoms with Crippen LogP contribution in [0.5, 0.6) is 0 Å². The monoisotopic (exact) mass is 216 g/mol. The number of Topliss-reactive ketones (excluding diaryl/α,β-unsaturated/α-hetero) is 3. The maximum absolute atomic E-state index is 11.4. The van der Waals surface area contributed by atoms with Gasteiger partial charge in [-0.3, -0.25) is 14.4 Å². The molecule has 0 aliphatic heterocycles. The summed E-state index contributed by atoms with van der Waals surface area (Å²) in [5.74, 6) is -1.86. The number of ether oxygens (including phenoxy) is 2. The van der Waals surface area contributed by atoms with E-state index in [1.54, 1.807) is 13.8 Å². The molecule has 5 heteroatoms. The number of carbonyl (C=O) groups excluding carboxylic acids is 3. The molecule has 0 unspecified atom stereocenters. The van der Waals surface area contributed by atoms with E-state index in [0.717, 1.165) is 6.92 Å². The molecule has 0 amide bonds. The lowest BCUT2D eigenvalue weighted by molar-refractivity contribution is -0.169. The van der Waals surface area contributed by atoms with Gasteiger partial charge >= 0.3 is 0 Å². The third kappa shape index (κ3) is 5.39. The molecular formula is C10H16O5. The second-order valence-electron chi connectivity index (χ2n) is 2.87. The van der Waals surface area contributed by atoms with E-state index in [-0.39, 0.29) is 0 Å². The van der Waals surface area contributed by atoms with Crippen molar-refractivity contribution in [2.75, 3.05) is 13.2 Å². The van der Waals surface area contributed by atoms with E-state index >= 15 is 0 Å². The first-order valence-corrected chi connectivity index (χ1v) is 4.82. The van der Waals surface area contributed by atoms with E-state index < -0.39 is 30.1 Å². The number of rotatable bonds is 8. The molecule has 0 heterocycles. The van der Waals surface area contributed by atoms with Crippen molar-refractivity contribution in [3.05, 3.63) is 0 Å². The van der Waals surface area contributed by atoms with E-state index in [0.29, 0.717) is 13.2 Å². The van der Waals surface area contributed by atoms with E-state index in [1.807, 2.05) is 0 Å². The van der Waals surface area contributed by atoms with Gasteiger partial charge in [-0.2, -0.15) is 0 Å². The molecule has 0 aliphatic rings. The minimum absolute atomic E-state index is 0.310. The smallest absolute Gasteiger partial charge is 0.218 e. The van der Waals surface area contributed by atoms with Crippen LogP contribution in [0.2, 0.25) is 0 Å². The maximum Gasteiger partial charge on any atom is 0.218 e. The summed E-state index contributed by atoms with van der Waals surface area (Å²) in [6.07, 6.45) is -1.50. The average Bonchev–Trinajstić information content (AvgIpc) is 2.17. The first-order chi connectivity index (χ1) is 7.02. The van der Waals surface area contributed by atoms with Crippen LogP contribution in [-0.2, 0) is 23.9 Å². The van der Waals surface area contributed by atoms with Gasteiger partial charge in [0.05, 0.1) is 6.42 Å². The zero-order valence-electron chi connectivity index (χ0n) is 9.24. The van der Waals surface area contributed by atoms with Crippen molar-refractivity contribution in [3.8, 4) is 0 Å². The summed E-state index contributed by atoms with van der Waals surface area (Å²) in [5.41, 5.74) is 0. The highest BCUT2D eigenvalue weighted by molar-refractivity contribution is 6.39. The fraction of sp³-hybridized carbons (Fsp3) is 0.700. The normalized spacial score (nSPS) is 10.4. The molecule has 0 aliphatic carbocycles. The molecule has 0 radical (unpaired) electrons. The van der Waals surface area contributed by atoms with Crippen LogP contribution in [0.25, 0.3) is 0 Å². The van der Waals surface area contributed by atoms with Gasteiger partial charge in [0, 0.05) is 20.1 Å². The van der Waals surface area contributed by atoms with Crippen molar-refractivity contribution in [3.63, 3.8) is 0 Å². The largest absolute Gasteiger partial charge is 0.346 e. The Hall–Kier alpha value is -1.07. The zero-order chi connectivity index (χ0) is 11.8. The number of hydrogen-bond acceptors (Lipinski definition) is 5. The Morgan fingerprint density at radius 1 is 1.07 bits per heavy atom. The van der Waals surface area contributed by atoms with Gasteiger partial charge in [0.1, 0.15) is 0 Å². The highest BCUT2D eigenvalue weighted by Crippen LogP contribution is 2.01. The summed E-state index contributed by atoms with van der Waals surface area (Å²) in [6, 6.07) is 0. The molecule has 0 N–H and O–H groups in total. The molecule has 0 saturated carbocycles. The Balaban J connectivity index is 4.24. The Labute approximate surface area is 88.7 Å². The quantitative estimate of drug-likeness (QED) is 0.336. The van der Waals surface area contributed by atoms with Crippen molar-refractivity contribution in [2.24, 2.45) is 0 Å². The first kappa shape index (κ1) is 13.9. The molecule has 0 aromatic carbocycles. The SMILES string of the molecule is CCOC(OCC)C(=O)CC(=O)C(C)=O. The Morgan fingerprint density at radius 2 is 1.53 bits per heavy atom. The highest BCUT2D eigenvalue weighted by Gasteiger charge is 2.23. The lowest BCUT2D eigenvalue weighted by atomic mass is 10.1. The number of ketones is 3. The molecule has 0 rings (SSSR count). The molecule has 0 aromatic rings. The number of hydrogen-bond donors (Lipinski definition) is 0. The molecule has 5 nitrogen and oxygen atoms in total. The predicted molar refractivity (Wildman–Crippen MR) is 52.4 cm³/mol. The molecule has 0 atom stereocenters. The van der Waals surface area contributed by atoms with Crippen molar-refractivity contribution >= 4 is 17.3 Å². The maximum atomic E-state index is 11.4. The van der Waals surface area contributed by atoms with Crippen LogP contribution in [0.15, 0.2) is 0 Å². The first-order valence-electron chi connectivity index (χ1n) is 4.82. The molecule has 0 spiro atoms. The van der Waals surface area contributed by atoms with E-state index in [2.05, 4.69) is 0 Å². The third-order valence-electron chi connectivity index (χ3n) is 1.63. The summed E-state index contributed by atoms with van der Waals surface area (Å²) in [5, 5.41) is 0. The van der Waals surface area contributed by atoms with Crippen LogP contribution in [0.1, 0.15) is 27.2 Å². The topological polar surface area (TPSA) is 69.7 Å². The van der Waals surface area contributed by atoms with Crippen LogP contribution < -0.4 is 0 Å². The second-order valence-corrected chi connectivity index (χ2v) is 2.87. The predicted octanol–water partition coefficient (Wildman–Crippen LogP) is 0.503. The minimum atomic E-state index is -1.04. The Morgan fingerprint density at radius 3 is 1.87 bits per heavy atom. The fourth-order valence-corrected chi connectivity index (χ4v) is 0.903. The summed E-state index contributed by atoms with van der Waals surface area (Å²) < 4.78 is 9.98. The summed E-state index contributed by atoms with van der Waals surface area (Å²) in [7, 11) is 0. The molecule has 0 fully saturated rings. The fourth-order valence-electron chi connectivity index (χ4n) is 0.903. The van der Waals surface area contributed by atoms with Crippen LogP contribution in [-0.4, -0.2) is 36.9 Å². The highest BCUT2D eigenvalue weighted by atomic mass is 16.7. The standard InChI is InChI=1S/C10H16O5/c1-4-14-10(15-5-2)9(13)6-8(12)7(3)11/h10H,4-6H2,1-3H3. The molecule has 0 aromatic heterocycles. The van der Waals surface area contributed by atoms with E-state index in [9.17, 15) is 14.4 Å². The molecular weight excluding hydrogens is 200 g/mol. The van der Waals surface area contributed by atoms with Crippen LogP contribution in [0, 0.1) is 0 Å². The lowest BCUT2D eigenvalue weighted by Gasteiger charge is -2.14. The Bertz CT molecular complexity index is 240. The van der Waals surface area contributed by atoms with Crippen molar-refractivity contribution in [1.29, 1.82) is 0 Å². The van der Waals surface area contributed by atoms with Crippen LogP contribution in [0.4, 0.5) is 0 Å². The van der Waals surface area contributed by atoms with Gasteiger partial charge in [-0.05, 0) is 13.8 Å². The Kier molecular flexibility index (Phi) is 6.73. The number of carbonyl (C=O) groups is 3. The van der Waals surface area contributed by atoms with Gasteiger partial charge in [-0.1, -0.05) is 0 Å². The summed E-state index contributed by atoms with van der Waals surface area (Å²) in [6.45, 7) is 5.18. The molecule has 86 valence electrons. The molecule has 0 bridgehead atoms. The van der Waals surface area contributed by atoms with Crippen LogP contribution >= 0.6 is 0 Å². The van der Waals surface area contributed by atoms with Crippen molar-refractivity contribution < 1.29 is 23.9 Å². The third-order valence-corrected chi connectivity index (χ3v) is 1.63. The summed E-state index contributed by atoms with van der Waals surface area (Å²) >= 11 is 0. The summed E-state index contributed by atoms with van der Waals surface area (Å²) in [4.78, 5) is 33.0. The molecule has 15 heavy (non-hydrogen) atoms. The van der Waals surface area contributed by atoms with Gasteiger partial charge in [0.2, 0.25) is 12.1 Å². The van der Waals surface area contributed by atoms with Crippen LogP contribution in [0.3, 0.4) is 0 Å². The zero-order valence-corrected chi connectivity index (χ0v) is 9.24. The average molecular weight is 216 g/mol. The van der Waals surface area contributed by atoms with Gasteiger partial charge in [0.15, 0.2) is 11.6 Å². The van der Waals surface area contributed by atoms with Gasteiger partial charge < -0.3 is 9.47 Å². The minimum Gasteiger partial charge on any atom is -0.346 e. The van der Waals surface area contributed by atoms with E-state index in [4.69, 9.17) is 9.47 Å². The van der Waals surface area contributed by atoms with Gasteiger partial charge in [-0.25, -0.2) is 0 Å². The van der Waals surface area contributed by atoms with Gasteiger partial charge in [0.25, 0.3) is 0 Å². The van der Waals surface area contributed by atoms with Crippen molar-refractivity contribution in [1.82, 2.24) is 0 Å². The molecule has 0 saturated heterocycles. The van der Waals surface area contributed by atoms with Gasteiger partial charge in [-0.15, -0.1) is 0 Å². The lowest BCUT2D eigenvalue weighted by Crippen LogP contribution is -2.30. The van der Waals surface area contributed by atoms with E-state index in [1.165, 1.54) is 0 Å². The van der Waals surface area contributed by atoms with Crippen molar-refractivity contribution in [2.45, 2.75) is 33.5 Å². The second kappa shape index (κ2) is 7.25.